The van der Waals surface area contributed by atoms with Crippen LogP contribution in [0.5, 0.6) is 0 Å². The lowest BCUT2D eigenvalue weighted by atomic mass is 9.79. The van der Waals surface area contributed by atoms with E-state index in [0.717, 1.165) is 43.2 Å². The van der Waals surface area contributed by atoms with Crippen LogP contribution in [-0.2, 0) is 14.3 Å². The minimum absolute atomic E-state index is 0.00232. The highest BCUT2D eigenvalue weighted by Crippen LogP contribution is 2.44. The molecule has 0 aliphatic heterocycles. The van der Waals surface area contributed by atoms with Gasteiger partial charge < -0.3 is 20.5 Å². The first-order valence-corrected chi connectivity index (χ1v) is 12.7. The number of aliphatic carboxylic acids is 1. The first kappa shape index (κ1) is 23.4. The van der Waals surface area contributed by atoms with Gasteiger partial charge >= 0.3 is 12.1 Å². The quantitative estimate of drug-likeness (QED) is 0.548. The molecule has 2 fully saturated rings. The maximum Gasteiger partial charge on any atom is 0.407 e. The van der Waals surface area contributed by atoms with Crippen LogP contribution in [0.3, 0.4) is 0 Å². The zero-order valence-corrected chi connectivity index (χ0v) is 19.7. The summed E-state index contributed by atoms with van der Waals surface area (Å²) in [6, 6.07) is 15.4. The number of nitrogens with one attached hydrogen (secondary N) is 2. The summed E-state index contributed by atoms with van der Waals surface area (Å²) < 4.78 is 5.66. The molecular formula is C28H32N2O5. The molecule has 0 aromatic heterocycles. The van der Waals surface area contributed by atoms with Gasteiger partial charge in [-0.3, -0.25) is 4.79 Å². The van der Waals surface area contributed by atoms with E-state index >= 15 is 0 Å². The molecule has 3 N–H and O–H groups in total. The number of carbonyl (C=O) groups is 3. The number of hydrogen-bond donors (Lipinski definition) is 3. The predicted octanol–water partition coefficient (Wildman–Crippen LogP) is 4.45. The van der Waals surface area contributed by atoms with Gasteiger partial charge in [-0.25, -0.2) is 9.59 Å². The van der Waals surface area contributed by atoms with Crippen LogP contribution in [0, 0.1) is 11.8 Å². The van der Waals surface area contributed by atoms with Gasteiger partial charge in [0.2, 0.25) is 5.91 Å². The van der Waals surface area contributed by atoms with E-state index in [1.54, 1.807) is 0 Å². The number of carboxylic acid groups (broad SMARTS) is 1. The Bertz CT molecular complexity index is 1070. The summed E-state index contributed by atoms with van der Waals surface area (Å²) in [4.78, 5) is 37.1. The summed E-state index contributed by atoms with van der Waals surface area (Å²) in [5, 5.41) is 15.2. The smallest absolute Gasteiger partial charge is 0.407 e. The Kier molecular flexibility index (Phi) is 6.75. The number of carbonyl (C=O) groups excluding carboxylic acids is 2. The number of alkyl carbamates (subject to hydrolysis) is 1. The monoisotopic (exact) mass is 476 g/mol. The van der Waals surface area contributed by atoms with Crippen LogP contribution >= 0.6 is 0 Å². The van der Waals surface area contributed by atoms with Gasteiger partial charge in [0.05, 0.1) is 0 Å². The van der Waals surface area contributed by atoms with Crippen molar-refractivity contribution in [1.29, 1.82) is 0 Å². The molecule has 2 aromatic carbocycles. The van der Waals surface area contributed by atoms with Crippen molar-refractivity contribution in [2.45, 2.75) is 62.9 Å². The maximum absolute atomic E-state index is 12.8. The number of amides is 2. The molecule has 0 spiro atoms. The molecule has 0 saturated heterocycles. The SMILES string of the molecule is O=C(N[C@H]1CCC[C@@H](C(=O)NC(C(=O)O)C2CCC2)C1)OCC1c2ccccc2-c2ccccc21. The molecule has 184 valence electrons. The number of benzene rings is 2. The van der Waals surface area contributed by atoms with Crippen LogP contribution in [0.2, 0.25) is 0 Å². The highest BCUT2D eigenvalue weighted by atomic mass is 16.5. The maximum atomic E-state index is 12.8. The van der Waals surface area contributed by atoms with Crippen molar-refractivity contribution < 1.29 is 24.2 Å². The van der Waals surface area contributed by atoms with Gasteiger partial charge in [0, 0.05) is 17.9 Å². The van der Waals surface area contributed by atoms with Gasteiger partial charge in [-0.15, -0.1) is 0 Å². The zero-order valence-electron chi connectivity index (χ0n) is 19.7. The second kappa shape index (κ2) is 10.1. The molecule has 7 nitrogen and oxygen atoms in total. The fourth-order valence-electron chi connectivity index (χ4n) is 5.79. The van der Waals surface area contributed by atoms with Crippen molar-refractivity contribution in [2.75, 3.05) is 6.61 Å². The Morgan fingerprint density at radius 1 is 0.914 bits per heavy atom. The number of rotatable bonds is 7. The Morgan fingerprint density at radius 3 is 2.14 bits per heavy atom. The molecule has 5 rings (SSSR count). The molecule has 35 heavy (non-hydrogen) atoms. The summed E-state index contributed by atoms with van der Waals surface area (Å²) in [7, 11) is 0. The lowest BCUT2D eigenvalue weighted by Gasteiger charge is -2.34. The number of fused-ring (bicyclic) bond motifs is 3. The van der Waals surface area contributed by atoms with Gasteiger partial charge in [0.15, 0.2) is 0 Å². The van der Waals surface area contributed by atoms with E-state index in [-0.39, 0.29) is 36.3 Å². The van der Waals surface area contributed by atoms with E-state index in [9.17, 15) is 19.5 Å². The van der Waals surface area contributed by atoms with Crippen LogP contribution in [-0.4, -0.2) is 41.8 Å². The Hall–Kier alpha value is -3.35. The predicted molar refractivity (Wildman–Crippen MR) is 131 cm³/mol. The highest BCUT2D eigenvalue weighted by Gasteiger charge is 2.37. The standard InChI is InChI=1S/C28H32N2O5/c31-26(30-25(27(32)33)17-7-5-8-17)18-9-6-10-19(15-18)29-28(34)35-16-24-22-13-3-1-11-20(22)21-12-2-4-14-23(21)24/h1-4,11-14,17-19,24-25H,5-10,15-16H2,(H,29,34)(H,30,31)(H,32,33)/t18-,19+,25?/m1/s1. The lowest BCUT2D eigenvalue weighted by molar-refractivity contribution is -0.145. The average Bonchev–Trinajstić information content (AvgIpc) is 3.15. The van der Waals surface area contributed by atoms with E-state index in [1.807, 2.05) is 24.3 Å². The van der Waals surface area contributed by atoms with Crippen LogP contribution in [0.1, 0.15) is 62.0 Å². The van der Waals surface area contributed by atoms with Crippen molar-refractivity contribution >= 4 is 18.0 Å². The summed E-state index contributed by atoms with van der Waals surface area (Å²) in [6.07, 6.45) is 4.99. The van der Waals surface area contributed by atoms with Gasteiger partial charge in [-0.2, -0.15) is 0 Å². The molecular weight excluding hydrogens is 444 g/mol. The molecule has 1 unspecified atom stereocenters. The number of ether oxygens (including phenoxy) is 1. The molecule has 2 aromatic rings. The van der Waals surface area contributed by atoms with E-state index in [1.165, 1.54) is 11.1 Å². The first-order chi connectivity index (χ1) is 17.0. The molecule has 3 atom stereocenters. The fraction of sp³-hybridized carbons (Fsp3) is 0.464. The fourth-order valence-corrected chi connectivity index (χ4v) is 5.79. The van der Waals surface area contributed by atoms with Gasteiger partial charge in [-0.05, 0) is 60.3 Å². The minimum Gasteiger partial charge on any atom is -0.480 e. The third-order valence-corrected chi connectivity index (χ3v) is 7.90. The van der Waals surface area contributed by atoms with E-state index in [4.69, 9.17) is 4.74 Å². The van der Waals surface area contributed by atoms with E-state index in [2.05, 4.69) is 34.9 Å². The minimum atomic E-state index is -0.966. The highest BCUT2D eigenvalue weighted by molar-refractivity contribution is 5.85. The molecule has 3 aliphatic carbocycles. The molecule has 7 heteroatoms. The van der Waals surface area contributed by atoms with E-state index in [0.29, 0.717) is 12.8 Å². The van der Waals surface area contributed by atoms with Crippen LogP contribution < -0.4 is 10.6 Å². The Labute approximate surface area is 205 Å². The number of hydrogen-bond acceptors (Lipinski definition) is 4. The molecule has 3 aliphatic rings. The molecule has 0 radical (unpaired) electrons. The summed E-state index contributed by atoms with van der Waals surface area (Å²) in [5.41, 5.74) is 4.69. The van der Waals surface area contributed by atoms with Crippen LogP contribution in [0.4, 0.5) is 4.79 Å². The Morgan fingerprint density at radius 2 is 1.54 bits per heavy atom. The summed E-state index contributed by atoms with van der Waals surface area (Å²) in [5.74, 6) is -1.47. The van der Waals surface area contributed by atoms with E-state index < -0.39 is 18.1 Å². The molecule has 0 bridgehead atoms. The van der Waals surface area contributed by atoms with Gasteiger partial charge in [0.1, 0.15) is 12.6 Å². The van der Waals surface area contributed by atoms with Crippen LogP contribution in [0.25, 0.3) is 11.1 Å². The third-order valence-electron chi connectivity index (χ3n) is 7.90. The Balaban J connectivity index is 1.15. The van der Waals surface area contributed by atoms with Crippen LogP contribution in [0.15, 0.2) is 48.5 Å². The first-order valence-electron chi connectivity index (χ1n) is 12.7. The molecule has 2 amide bonds. The number of carboxylic acids is 1. The van der Waals surface area contributed by atoms with Crippen molar-refractivity contribution in [3.63, 3.8) is 0 Å². The summed E-state index contributed by atoms with van der Waals surface area (Å²) in [6.45, 7) is 0.248. The van der Waals surface area contributed by atoms with Crippen molar-refractivity contribution in [3.05, 3.63) is 59.7 Å². The second-order valence-corrected chi connectivity index (χ2v) is 10.0. The van der Waals surface area contributed by atoms with Crippen molar-refractivity contribution in [3.8, 4) is 11.1 Å². The topological polar surface area (TPSA) is 105 Å². The van der Waals surface area contributed by atoms with Gasteiger partial charge in [0.25, 0.3) is 0 Å². The molecule has 2 saturated carbocycles. The normalized spacial score (nSPS) is 22.3. The largest absolute Gasteiger partial charge is 0.480 e. The zero-order chi connectivity index (χ0) is 24.4. The lowest BCUT2D eigenvalue weighted by Crippen LogP contribution is -2.51. The third kappa shape index (κ3) is 4.90. The van der Waals surface area contributed by atoms with Gasteiger partial charge in [-0.1, -0.05) is 61.4 Å². The molecule has 0 heterocycles. The van der Waals surface area contributed by atoms with Crippen molar-refractivity contribution in [1.82, 2.24) is 10.6 Å². The average molecular weight is 477 g/mol. The van der Waals surface area contributed by atoms with Crippen molar-refractivity contribution in [2.24, 2.45) is 11.8 Å². The summed E-state index contributed by atoms with van der Waals surface area (Å²) >= 11 is 0. The second-order valence-electron chi connectivity index (χ2n) is 10.0.